The first-order valence-corrected chi connectivity index (χ1v) is 14.4. The van der Waals surface area contributed by atoms with E-state index in [0.717, 1.165) is 24.8 Å². The third-order valence-corrected chi connectivity index (χ3v) is 8.81. The van der Waals surface area contributed by atoms with Crippen LogP contribution in [-0.4, -0.2) is 48.7 Å². The van der Waals surface area contributed by atoms with Crippen LogP contribution in [0.25, 0.3) is 22.0 Å². The molecule has 11 nitrogen and oxygen atoms in total. The second kappa shape index (κ2) is 11.3. The highest BCUT2D eigenvalue weighted by Crippen LogP contribution is 2.35. The highest BCUT2D eigenvalue weighted by atomic mass is 32.2. The van der Waals surface area contributed by atoms with Crippen LogP contribution in [0.4, 0.5) is 17.1 Å². The van der Waals surface area contributed by atoms with Crippen molar-refractivity contribution in [2.45, 2.75) is 37.4 Å². The Morgan fingerprint density at radius 3 is 2.48 bits per heavy atom. The number of aromatic nitrogens is 3. The molecule has 1 amide bonds. The summed E-state index contributed by atoms with van der Waals surface area (Å²) in [4.78, 5) is 25.2. The van der Waals surface area contributed by atoms with Gasteiger partial charge in [-0.05, 0) is 42.7 Å². The average molecular weight is 563 g/mol. The van der Waals surface area contributed by atoms with Gasteiger partial charge in [0.25, 0.3) is 5.91 Å². The SMILES string of the molecule is COc1ncc(-c2ccc3c(Nc4cccc(NS(=O)(=O)C5CCCCC5)c4)c(C(N)=O)cnc3c2)c(OC)n1. The molecule has 0 atom stereocenters. The number of carbonyl (C=O) groups is 1. The lowest BCUT2D eigenvalue weighted by Gasteiger charge is -2.22. The Labute approximate surface area is 232 Å². The van der Waals surface area contributed by atoms with Gasteiger partial charge >= 0.3 is 6.01 Å². The summed E-state index contributed by atoms with van der Waals surface area (Å²) in [5.74, 6) is -0.314. The third kappa shape index (κ3) is 5.62. The van der Waals surface area contributed by atoms with Crippen molar-refractivity contribution in [3.63, 3.8) is 0 Å². The van der Waals surface area contributed by atoms with Crippen molar-refractivity contribution in [1.82, 2.24) is 15.0 Å². The normalized spacial score (nSPS) is 14.1. The minimum absolute atomic E-state index is 0.181. The van der Waals surface area contributed by atoms with Crippen molar-refractivity contribution in [3.8, 4) is 23.0 Å². The van der Waals surface area contributed by atoms with Gasteiger partial charge in [0, 0.05) is 23.5 Å². The van der Waals surface area contributed by atoms with Gasteiger partial charge in [0.2, 0.25) is 15.9 Å². The number of nitrogens with two attached hydrogens (primary N) is 1. The molecular weight excluding hydrogens is 532 g/mol. The Morgan fingerprint density at radius 2 is 1.75 bits per heavy atom. The molecule has 1 aliphatic rings. The lowest BCUT2D eigenvalue weighted by molar-refractivity contribution is 0.100. The van der Waals surface area contributed by atoms with Crippen LogP contribution in [0.2, 0.25) is 0 Å². The molecular formula is C28H30N6O5S. The van der Waals surface area contributed by atoms with Crippen LogP contribution in [0.1, 0.15) is 42.5 Å². The van der Waals surface area contributed by atoms with E-state index in [2.05, 4.69) is 25.0 Å². The predicted octanol–water partition coefficient (Wildman–Crippen LogP) is 4.63. The molecule has 4 aromatic rings. The number of nitrogens with one attached hydrogen (secondary N) is 2. The molecule has 0 unspecified atom stereocenters. The van der Waals surface area contributed by atoms with Gasteiger partial charge in [-0.15, -0.1) is 0 Å². The molecule has 0 radical (unpaired) electrons. The minimum Gasteiger partial charge on any atom is -0.480 e. The van der Waals surface area contributed by atoms with Crippen LogP contribution in [0, 0.1) is 0 Å². The summed E-state index contributed by atoms with van der Waals surface area (Å²) < 4.78 is 39.1. The number of rotatable bonds is 9. The molecule has 4 N–H and O–H groups in total. The number of sulfonamides is 1. The molecule has 1 saturated carbocycles. The van der Waals surface area contributed by atoms with Gasteiger partial charge in [-0.25, -0.2) is 13.4 Å². The van der Waals surface area contributed by atoms with Crippen LogP contribution < -0.4 is 25.2 Å². The zero-order valence-electron chi connectivity index (χ0n) is 22.2. The van der Waals surface area contributed by atoms with Gasteiger partial charge in [-0.1, -0.05) is 37.5 Å². The first-order chi connectivity index (χ1) is 19.3. The monoisotopic (exact) mass is 562 g/mol. The van der Waals surface area contributed by atoms with Crippen molar-refractivity contribution in [1.29, 1.82) is 0 Å². The van der Waals surface area contributed by atoms with E-state index < -0.39 is 21.2 Å². The van der Waals surface area contributed by atoms with Crippen LogP contribution in [0.15, 0.2) is 54.9 Å². The van der Waals surface area contributed by atoms with Crippen molar-refractivity contribution < 1.29 is 22.7 Å². The fraction of sp³-hybridized carbons (Fsp3) is 0.286. The van der Waals surface area contributed by atoms with E-state index in [4.69, 9.17) is 15.2 Å². The fourth-order valence-electron chi connectivity index (χ4n) is 4.91. The van der Waals surface area contributed by atoms with Gasteiger partial charge < -0.3 is 20.5 Å². The number of primary amides is 1. The number of hydrogen-bond acceptors (Lipinski definition) is 9. The van der Waals surface area contributed by atoms with Crippen molar-refractivity contribution >= 4 is 43.9 Å². The zero-order chi connectivity index (χ0) is 28.3. The fourth-order valence-corrected chi connectivity index (χ4v) is 6.49. The van der Waals surface area contributed by atoms with E-state index in [1.54, 1.807) is 30.5 Å². The molecule has 208 valence electrons. The first-order valence-electron chi connectivity index (χ1n) is 12.9. The maximum atomic E-state index is 12.9. The van der Waals surface area contributed by atoms with Crippen LogP contribution in [-0.2, 0) is 10.0 Å². The Balaban J connectivity index is 1.49. The summed E-state index contributed by atoms with van der Waals surface area (Å²) in [6.45, 7) is 0. The quantitative estimate of drug-likeness (QED) is 0.264. The number of benzene rings is 2. The van der Waals surface area contributed by atoms with Crippen LogP contribution >= 0.6 is 0 Å². The number of ether oxygens (including phenoxy) is 2. The second-order valence-electron chi connectivity index (χ2n) is 9.54. The average Bonchev–Trinajstić information content (AvgIpc) is 2.97. The van der Waals surface area contributed by atoms with E-state index in [0.29, 0.717) is 52.3 Å². The number of hydrogen-bond donors (Lipinski definition) is 3. The summed E-state index contributed by atoms with van der Waals surface area (Å²) in [5.41, 5.74) is 9.31. The molecule has 12 heteroatoms. The number of carbonyl (C=O) groups excluding carboxylic acids is 1. The number of amides is 1. The maximum Gasteiger partial charge on any atom is 0.319 e. The largest absolute Gasteiger partial charge is 0.480 e. The lowest BCUT2D eigenvalue weighted by atomic mass is 10.0. The predicted molar refractivity (Wildman–Crippen MR) is 154 cm³/mol. The smallest absolute Gasteiger partial charge is 0.319 e. The van der Waals surface area contributed by atoms with Crippen LogP contribution in [0.3, 0.4) is 0 Å². The summed E-state index contributed by atoms with van der Waals surface area (Å²) in [7, 11) is -0.532. The second-order valence-corrected chi connectivity index (χ2v) is 11.5. The number of anilines is 3. The molecule has 5 rings (SSSR count). The minimum atomic E-state index is -3.51. The summed E-state index contributed by atoms with van der Waals surface area (Å²) in [6, 6.07) is 12.6. The van der Waals surface area contributed by atoms with E-state index in [1.807, 2.05) is 18.2 Å². The Kier molecular flexibility index (Phi) is 7.69. The molecule has 1 fully saturated rings. The molecule has 0 spiro atoms. The van der Waals surface area contributed by atoms with Crippen molar-refractivity contribution in [2.75, 3.05) is 24.3 Å². The molecule has 2 aromatic carbocycles. The lowest BCUT2D eigenvalue weighted by Crippen LogP contribution is -2.29. The van der Waals surface area contributed by atoms with E-state index >= 15 is 0 Å². The Hall–Kier alpha value is -4.45. The number of methoxy groups -OCH3 is 2. The molecule has 0 saturated heterocycles. The van der Waals surface area contributed by atoms with E-state index in [1.165, 1.54) is 20.4 Å². The maximum absolute atomic E-state index is 12.9. The highest BCUT2D eigenvalue weighted by molar-refractivity contribution is 7.93. The Bertz CT molecular complexity index is 1670. The van der Waals surface area contributed by atoms with Gasteiger partial charge in [0.1, 0.15) is 0 Å². The van der Waals surface area contributed by atoms with Gasteiger partial charge in [-0.2, -0.15) is 4.98 Å². The summed E-state index contributed by atoms with van der Waals surface area (Å²) >= 11 is 0. The first kappa shape index (κ1) is 27.1. The number of pyridine rings is 1. The standard InChI is InChI=1S/C28H30N6O5S/c1-38-27-22(15-31-28(33-27)39-2)17-11-12-21-24(13-17)30-16-23(26(29)35)25(21)32-18-7-6-8-19(14-18)34-40(36,37)20-9-4-3-5-10-20/h6-8,11-16,20,34H,3-5,9-10H2,1-2H3,(H2,29,35)(H,30,32). The van der Waals surface area contributed by atoms with Crippen molar-refractivity contribution in [2.24, 2.45) is 5.73 Å². The molecule has 0 bridgehead atoms. The molecule has 40 heavy (non-hydrogen) atoms. The number of nitrogens with zero attached hydrogens (tertiary/aromatic N) is 3. The van der Waals surface area contributed by atoms with Gasteiger partial charge in [0.05, 0.1) is 47.5 Å². The molecule has 0 aliphatic heterocycles. The molecule has 1 aliphatic carbocycles. The summed E-state index contributed by atoms with van der Waals surface area (Å²) in [5, 5.41) is 3.50. The van der Waals surface area contributed by atoms with E-state index in [9.17, 15) is 13.2 Å². The number of fused-ring (bicyclic) bond motifs is 1. The highest BCUT2D eigenvalue weighted by Gasteiger charge is 2.27. The van der Waals surface area contributed by atoms with Crippen LogP contribution in [0.5, 0.6) is 11.9 Å². The zero-order valence-corrected chi connectivity index (χ0v) is 23.0. The van der Waals surface area contributed by atoms with Gasteiger partial charge in [0.15, 0.2) is 0 Å². The molecule has 2 heterocycles. The van der Waals surface area contributed by atoms with E-state index in [-0.39, 0.29) is 11.6 Å². The third-order valence-electron chi connectivity index (χ3n) is 6.94. The topological polar surface area (TPSA) is 158 Å². The molecule has 2 aromatic heterocycles. The summed E-state index contributed by atoms with van der Waals surface area (Å²) in [6.07, 6.45) is 7.23. The van der Waals surface area contributed by atoms with Crippen molar-refractivity contribution in [3.05, 3.63) is 60.4 Å². The van der Waals surface area contributed by atoms with Gasteiger partial charge in [-0.3, -0.25) is 14.5 Å². The Morgan fingerprint density at radius 1 is 0.975 bits per heavy atom.